The molecule has 0 saturated carbocycles. The van der Waals surface area contributed by atoms with Gasteiger partial charge in [0.2, 0.25) is 11.8 Å². The standard InChI is InChI=1S/C16H27N5O2/c1-16(2,3)14-18-17-13(23-14)11-20-7-5-12(6-8-20)21-10-9-19(4)15(21)22/h12H,5-11H2,1-4H3. The van der Waals surface area contributed by atoms with E-state index in [-0.39, 0.29) is 11.4 Å². The van der Waals surface area contributed by atoms with Crippen LogP contribution in [0, 0.1) is 0 Å². The molecule has 128 valence electrons. The molecule has 0 radical (unpaired) electrons. The second-order valence-corrected chi connectivity index (χ2v) is 7.66. The zero-order valence-corrected chi connectivity index (χ0v) is 14.6. The van der Waals surface area contributed by atoms with Gasteiger partial charge in [0.15, 0.2) is 0 Å². The fraction of sp³-hybridized carbons (Fsp3) is 0.812. The van der Waals surface area contributed by atoms with Gasteiger partial charge < -0.3 is 14.2 Å². The predicted molar refractivity (Wildman–Crippen MR) is 86.0 cm³/mol. The largest absolute Gasteiger partial charge is 0.423 e. The fourth-order valence-corrected chi connectivity index (χ4v) is 3.21. The van der Waals surface area contributed by atoms with Crippen LogP contribution in [0.4, 0.5) is 4.79 Å². The van der Waals surface area contributed by atoms with Crippen LogP contribution in [0.1, 0.15) is 45.4 Å². The molecule has 0 aromatic carbocycles. The average Bonchev–Trinajstić information content (AvgIpc) is 3.08. The van der Waals surface area contributed by atoms with Crippen LogP contribution >= 0.6 is 0 Å². The second-order valence-electron chi connectivity index (χ2n) is 7.66. The summed E-state index contributed by atoms with van der Waals surface area (Å²) >= 11 is 0. The van der Waals surface area contributed by atoms with Crippen molar-refractivity contribution >= 4 is 6.03 Å². The summed E-state index contributed by atoms with van der Waals surface area (Å²) < 4.78 is 5.77. The van der Waals surface area contributed by atoms with Gasteiger partial charge in [-0.05, 0) is 12.8 Å². The minimum Gasteiger partial charge on any atom is -0.423 e. The maximum Gasteiger partial charge on any atom is 0.320 e. The lowest BCUT2D eigenvalue weighted by molar-refractivity contribution is 0.121. The summed E-state index contributed by atoms with van der Waals surface area (Å²) in [6.07, 6.45) is 2.03. The Hall–Kier alpha value is -1.63. The van der Waals surface area contributed by atoms with Gasteiger partial charge in [-0.1, -0.05) is 20.8 Å². The summed E-state index contributed by atoms with van der Waals surface area (Å²) in [7, 11) is 1.87. The van der Waals surface area contributed by atoms with Crippen molar-refractivity contribution in [3.8, 4) is 0 Å². The Morgan fingerprint density at radius 3 is 2.35 bits per heavy atom. The van der Waals surface area contributed by atoms with Crippen LogP contribution < -0.4 is 0 Å². The summed E-state index contributed by atoms with van der Waals surface area (Å²) in [6, 6.07) is 0.548. The van der Waals surface area contributed by atoms with Crippen LogP contribution in [-0.2, 0) is 12.0 Å². The first kappa shape index (κ1) is 16.2. The molecule has 23 heavy (non-hydrogen) atoms. The highest BCUT2D eigenvalue weighted by molar-refractivity contribution is 5.76. The number of hydrogen-bond donors (Lipinski definition) is 0. The summed E-state index contributed by atoms with van der Waals surface area (Å²) in [4.78, 5) is 18.2. The molecule has 0 aliphatic carbocycles. The van der Waals surface area contributed by atoms with E-state index in [9.17, 15) is 4.79 Å². The molecular formula is C16H27N5O2. The molecule has 2 amide bonds. The first-order valence-electron chi connectivity index (χ1n) is 8.41. The summed E-state index contributed by atoms with van der Waals surface area (Å²) in [5.41, 5.74) is -0.111. The van der Waals surface area contributed by atoms with Crippen molar-refractivity contribution in [1.82, 2.24) is 24.9 Å². The van der Waals surface area contributed by atoms with Crippen molar-refractivity contribution < 1.29 is 9.21 Å². The average molecular weight is 321 g/mol. The van der Waals surface area contributed by atoms with Crippen molar-refractivity contribution in [3.05, 3.63) is 11.8 Å². The Balaban J connectivity index is 1.51. The van der Waals surface area contributed by atoms with Crippen molar-refractivity contribution in [1.29, 1.82) is 0 Å². The Labute approximate surface area is 137 Å². The molecule has 7 heteroatoms. The third-order valence-corrected chi connectivity index (χ3v) is 4.71. The van der Waals surface area contributed by atoms with E-state index >= 15 is 0 Å². The van der Waals surface area contributed by atoms with Gasteiger partial charge >= 0.3 is 6.03 Å². The lowest BCUT2D eigenvalue weighted by Gasteiger charge is -2.35. The number of likely N-dealkylation sites (N-methyl/N-ethyl adjacent to an activating group) is 1. The third-order valence-electron chi connectivity index (χ3n) is 4.71. The summed E-state index contributed by atoms with van der Waals surface area (Å²) in [5, 5.41) is 8.31. The van der Waals surface area contributed by atoms with E-state index in [1.165, 1.54) is 0 Å². The van der Waals surface area contributed by atoms with Gasteiger partial charge in [0, 0.05) is 44.7 Å². The Kier molecular flexibility index (Phi) is 4.31. The SMILES string of the molecule is CN1CCN(C2CCN(Cc3nnc(C(C)(C)C)o3)CC2)C1=O. The van der Waals surface area contributed by atoms with Crippen LogP contribution in [-0.4, -0.2) is 70.2 Å². The number of urea groups is 1. The molecule has 0 atom stereocenters. The molecular weight excluding hydrogens is 294 g/mol. The van der Waals surface area contributed by atoms with Crippen LogP contribution in [0.15, 0.2) is 4.42 Å². The predicted octanol–water partition coefficient (Wildman–Crippen LogP) is 1.70. The van der Waals surface area contributed by atoms with E-state index in [1.54, 1.807) is 4.90 Å². The van der Waals surface area contributed by atoms with Crippen molar-refractivity contribution in [2.45, 2.75) is 51.6 Å². The maximum atomic E-state index is 12.1. The van der Waals surface area contributed by atoms with Crippen LogP contribution in [0.5, 0.6) is 0 Å². The normalized spacial score (nSPS) is 21.5. The van der Waals surface area contributed by atoms with Crippen LogP contribution in [0.25, 0.3) is 0 Å². The van der Waals surface area contributed by atoms with Gasteiger partial charge in [0.1, 0.15) is 0 Å². The first-order valence-corrected chi connectivity index (χ1v) is 8.41. The van der Waals surface area contributed by atoms with Gasteiger partial charge in [-0.2, -0.15) is 0 Å². The lowest BCUT2D eigenvalue weighted by atomic mass is 9.97. The van der Waals surface area contributed by atoms with E-state index in [0.717, 1.165) is 39.0 Å². The minimum absolute atomic E-state index is 0.111. The Bertz CT molecular complexity index is 557. The quantitative estimate of drug-likeness (QED) is 0.848. The van der Waals surface area contributed by atoms with E-state index in [1.807, 2.05) is 11.9 Å². The molecule has 2 aliphatic rings. The highest BCUT2D eigenvalue weighted by atomic mass is 16.4. The molecule has 2 fully saturated rings. The number of amides is 2. The number of carbonyl (C=O) groups is 1. The fourth-order valence-electron chi connectivity index (χ4n) is 3.21. The maximum absolute atomic E-state index is 12.1. The van der Waals surface area contributed by atoms with Crippen molar-refractivity contribution in [2.24, 2.45) is 0 Å². The number of carbonyl (C=O) groups excluding carboxylic acids is 1. The van der Waals surface area contributed by atoms with Gasteiger partial charge in [-0.15, -0.1) is 10.2 Å². The van der Waals surface area contributed by atoms with E-state index < -0.39 is 0 Å². The second kappa shape index (κ2) is 6.11. The molecule has 1 aromatic heterocycles. The molecule has 2 saturated heterocycles. The molecule has 3 heterocycles. The molecule has 0 N–H and O–H groups in total. The van der Waals surface area contributed by atoms with Gasteiger partial charge in [0.25, 0.3) is 0 Å². The van der Waals surface area contributed by atoms with E-state index in [0.29, 0.717) is 24.4 Å². The van der Waals surface area contributed by atoms with E-state index in [2.05, 4.69) is 35.9 Å². The number of hydrogen-bond acceptors (Lipinski definition) is 5. The van der Waals surface area contributed by atoms with Crippen LogP contribution in [0.2, 0.25) is 0 Å². The highest BCUT2D eigenvalue weighted by Gasteiger charge is 2.33. The van der Waals surface area contributed by atoms with Gasteiger partial charge in [0.05, 0.1) is 6.54 Å². The number of rotatable bonds is 3. The molecule has 0 spiro atoms. The molecule has 2 aliphatic heterocycles. The highest BCUT2D eigenvalue weighted by Crippen LogP contribution is 2.23. The topological polar surface area (TPSA) is 65.7 Å². The number of aromatic nitrogens is 2. The molecule has 0 unspecified atom stereocenters. The van der Waals surface area contributed by atoms with Crippen molar-refractivity contribution in [2.75, 3.05) is 33.2 Å². The van der Waals surface area contributed by atoms with Gasteiger partial charge in [-0.3, -0.25) is 4.90 Å². The Morgan fingerprint density at radius 1 is 1.13 bits per heavy atom. The lowest BCUT2D eigenvalue weighted by Crippen LogP contribution is -2.46. The van der Waals surface area contributed by atoms with E-state index in [4.69, 9.17) is 4.42 Å². The third kappa shape index (κ3) is 3.49. The minimum atomic E-state index is -0.111. The molecule has 7 nitrogen and oxygen atoms in total. The zero-order chi connectivity index (χ0) is 16.6. The summed E-state index contributed by atoms with van der Waals surface area (Å²) in [5.74, 6) is 1.37. The van der Waals surface area contributed by atoms with Gasteiger partial charge in [-0.25, -0.2) is 4.79 Å². The number of piperidine rings is 1. The van der Waals surface area contributed by atoms with Crippen LogP contribution in [0.3, 0.4) is 0 Å². The zero-order valence-electron chi connectivity index (χ0n) is 14.6. The Morgan fingerprint density at radius 2 is 1.83 bits per heavy atom. The number of nitrogens with zero attached hydrogens (tertiary/aromatic N) is 5. The molecule has 1 aromatic rings. The monoisotopic (exact) mass is 321 g/mol. The first-order chi connectivity index (χ1) is 10.8. The molecule has 3 rings (SSSR count). The summed E-state index contributed by atoms with van der Waals surface area (Å²) in [6.45, 7) is 10.5. The molecule has 0 bridgehead atoms. The van der Waals surface area contributed by atoms with Crippen molar-refractivity contribution in [3.63, 3.8) is 0 Å². The number of likely N-dealkylation sites (tertiary alicyclic amines) is 1. The smallest absolute Gasteiger partial charge is 0.320 e.